The lowest BCUT2D eigenvalue weighted by Crippen LogP contribution is -2.38. The van der Waals surface area contributed by atoms with Crippen LogP contribution in [0.3, 0.4) is 0 Å². The van der Waals surface area contributed by atoms with E-state index in [-0.39, 0.29) is 6.42 Å². The average Bonchev–Trinajstić information content (AvgIpc) is 3.10. The maximum atomic E-state index is 12.9. The average molecular weight is 438 g/mol. The molecule has 2 aromatic heterocycles. The molecule has 160 valence electrons. The van der Waals surface area contributed by atoms with Crippen LogP contribution < -0.4 is 11.2 Å². The first-order valence-corrected chi connectivity index (χ1v) is 10.8. The zero-order valence-corrected chi connectivity index (χ0v) is 18.6. The van der Waals surface area contributed by atoms with E-state index in [9.17, 15) is 14.4 Å². The van der Waals surface area contributed by atoms with Crippen LogP contribution >= 0.6 is 11.5 Å². The third-order valence-electron chi connectivity index (χ3n) is 5.48. The number of fused-ring (bicyclic) bond motifs is 2. The molecule has 4 aromatic rings. The Bertz CT molecular complexity index is 1430. The smallest absolute Gasteiger partial charge is 0.329 e. The summed E-state index contributed by atoms with van der Waals surface area (Å²) in [5.74, 6) is -0.475. The van der Waals surface area contributed by atoms with Crippen molar-refractivity contribution in [3.05, 3.63) is 72.7 Å². The summed E-state index contributed by atoms with van der Waals surface area (Å²) in [6.45, 7) is 5.79. The number of ether oxygens (including phenoxy) is 1. The molecule has 0 spiro atoms. The highest BCUT2D eigenvalue weighted by Gasteiger charge is 2.18. The number of aryl methyl sites for hydroxylation is 2. The van der Waals surface area contributed by atoms with Gasteiger partial charge in [-0.3, -0.25) is 14.2 Å². The monoisotopic (exact) mass is 437 g/mol. The fourth-order valence-corrected chi connectivity index (χ4v) is 4.98. The molecule has 0 fully saturated rings. The van der Waals surface area contributed by atoms with Gasteiger partial charge in [-0.25, -0.2) is 4.79 Å². The van der Waals surface area contributed by atoms with E-state index in [1.807, 2.05) is 12.1 Å². The van der Waals surface area contributed by atoms with Crippen LogP contribution in [0.4, 0.5) is 0 Å². The first-order chi connectivity index (χ1) is 14.8. The molecule has 1 N–H and O–H groups in total. The summed E-state index contributed by atoms with van der Waals surface area (Å²) < 4.78 is 10.3. The molecule has 0 unspecified atom stereocenters. The van der Waals surface area contributed by atoms with Crippen LogP contribution in [0.1, 0.15) is 41.0 Å². The topological polar surface area (TPSA) is 94.1 Å². The van der Waals surface area contributed by atoms with E-state index < -0.39 is 23.3 Å². The number of carbonyl (C=O) groups excluding carboxylic acids is 1. The molecule has 2 heterocycles. The Hall–Kier alpha value is -3.26. The highest BCUT2D eigenvalue weighted by atomic mass is 32.1. The fraction of sp³-hybridized carbons (Fsp3) is 0.304. The Morgan fingerprint density at radius 3 is 2.74 bits per heavy atom. The quantitative estimate of drug-likeness (QED) is 0.481. The molecule has 8 heteroatoms. The van der Waals surface area contributed by atoms with Crippen LogP contribution in [0, 0.1) is 13.8 Å². The van der Waals surface area contributed by atoms with Crippen molar-refractivity contribution in [2.45, 2.75) is 39.7 Å². The molecule has 0 aliphatic heterocycles. The fourth-order valence-electron chi connectivity index (χ4n) is 4.04. The third-order valence-corrected chi connectivity index (χ3v) is 6.34. The molecule has 0 bridgehead atoms. The number of hydrogen-bond donors (Lipinski definition) is 1. The van der Waals surface area contributed by atoms with E-state index in [0.29, 0.717) is 17.3 Å². The van der Waals surface area contributed by atoms with Crippen molar-refractivity contribution in [3.63, 3.8) is 0 Å². The minimum absolute atomic E-state index is 0.0552. The number of benzene rings is 2. The number of H-pyrrole nitrogens is 1. The van der Waals surface area contributed by atoms with Crippen molar-refractivity contribution < 1.29 is 9.53 Å². The molecule has 2 aromatic carbocycles. The van der Waals surface area contributed by atoms with E-state index in [0.717, 1.165) is 25.9 Å². The van der Waals surface area contributed by atoms with Crippen LogP contribution in [-0.4, -0.2) is 27.0 Å². The second kappa shape index (κ2) is 8.11. The van der Waals surface area contributed by atoms with Gasteiger partial charge >= 0.3 is 11.7 Å². The van der Waals surface area contributed by atoms with Gasteiger partial charge in [0.15, 0.2) is 0 Å². The van der Waals surface area contributed by atoms with Gasteiger partial charge < -0.3 is 9.72 Å². The molecule has 0 aliphatic carbocycles. The molecule has 0 amide bonds. The van der Waals surface area contributed by atoms with Gasteiger partial charge in [0.05, 0.1) is 30.0 Å². The Kier molecular flexibility index (Phi) is 5.49. The van der Waals surface area contributed by atoms with Crippen molar-refractivity contribution in [2.75, 3.05) is 7.11 Å². The number of methoxy groups -OCH3 is 1. The van der Waals surface area contributed by atoms with Gasteiger partial charge in [-0.15, -0.1) is 0 Å². The minimum atomic E-state index is -0.609. The van der Waals surface area contributed by atoms with Gasteiger partial charge in [0.1, 0.15) is 0 Å². The van der Waals surface area contributed by atoms with Crippen LogP contribution in [0.15, 0.2) is 39.9 Å². The highest BCUT2D eigenvalue weighted by molar-refractivity contribution is 7.07. The maximum absolute atomic E-state index is 12.9. The molecule has 0 aliphatic rings. The lowest BCUT2D eigenvalue weighted by molar-refractivity contribution is -0.141. The van der Waals surface area contributed by atoms with Crippen molar-refractivity contribution in [2.24, 2.45) is 0 Å². The lowest BCUT2D eigenvalue weighted by Gasteiger charge is -2.13. The summed E-state index contributed by atoms with van der Waals surface area (Å²) >= 11 is 1.47. The summed E-state index contributed by atoms with van der Waals surface area (Å²) in [6, 6.07) is 9.08. The van der Waals surface area contributed by atoms with Crippen LogP contribution in [0.25, 0.3) is 21.8 Å². The van der Waals surface area contributed by atoms with E-state index in [1.54, 1.807) is 13.0 Å². The van der Waals surface area contributed by atoms with E-state index >= 15 is 0 Å². The molecule has 0 radical (unpaired) electrons. The molecule has 7 nitrogen and oxygen atoms in total. The summed E-state index contributed by atoms with van der Waals surface area (Å²) in [4.78, 5) is 41.0. The molecule has 0 saturated heterocycles. The summed E-state index contributed by atoms with van der Waals surface area (Å²) in [5, 5.41) is 1.57. The van der Waals surface area contributed by atoms with Gasteiger partial charge in [0, 0.05) is 22.7 Å². The third kappa shape index (κ3) is 3.90. The van der Waals surface area contributed by atoms with Gasteiger partial charge in [-0.2, -0.15) is 4.37 Å². The number of rotatable bonds is 5. The molecule has 1 atom stereocenters. The van der Waals surface area contributed by atoms with E-state index in [2.05, 4.69) is 40.1 Å². The standard InChI is InChI=1S/C23H23N3O4S/c1-12-7-13(2)21-18(8-12)25-31-19(21)11-15-5-6-16-17(10-15)24-23(29)26(22(16)28)14(3)9-20(27)30-4/h5-8,10,14H,9,11H2,1-4H3,(H,24,29)/t14-/m1/s1. The van der Waals surface area contributed by atoms with E-state index in [4.69, 9.17) is 0 Å². The van der Waals surface area contributed by atoms with Crippen LogP contribution in [0.2, 0.25) is 0 Å². The van der Waals surface area contributed by atoms with Gasteiger partial charge in [-0.05, 0) is 67.2 Å². The molecular weight excluding hydrogens is 414 g/mol. The molecule has 0 saturated carbocycles. The normalized spacial score (nSPS) is 12.4. The van der Waals surface area contributed by atoms with Crippen molar-refractivity contribution >= 4 is 39.3 Å². The first-order valence-electron chi connectivity index (χ1n) is 9.98. The number of nitrogens with one attached hydrogen (secondary N) is 1. The first kappa shape index (κ1) is 21.0. The number of esters is 1. The SMILES string of the molecule is COC(=O)C[C@@H](C)n1c(=O)[nH]c2cc(Cc3snc4cc(C)cc(C)c34)ccc2c1=O. The second-order valence-electron chi connectivity index (χ2n) is 7.87. The molecular formula is C23H23N3O4S. The minimum Gasteiger partial charge on any atom is -0.469 e. The second-order valence-corrected chi connectivity index (χ2v) is 8.73. The number of hydrogen-bond acceptors (Lipinski definition) is 6. The van der Waals surface area contributed by atoms with Crippen LogP contribution in [-0.2, 0) is 16.0 Å². The zero-order valence-electron chi connectivity index (χ0n) is 17.8. The van der Waals surface area contributed by atoms with Crippen LogP contribution in [0.5, 0.6) is 0 Å². The summed E-state index contributed by atoms with van der Waals surface area (Å²) in [6.07, 6.45) is 0.602. The predicted octanol–water partition coefficient (Wildman–Crippen LogP) is 3.63. The summed E-state index contributed by atoms with van der Waals surface area (Å²) in [5.41, 5.74) is 3.87. The maximum Gasteiger partial charge on any atom is 0.329 e. The largest absolute Gasteiger partial charge is 0.469 e. The number of carbonyl (C=O) groups is 1. The van der Waals surface area contributed by atoms with Crippen molar-refractivity contribution in [1.82, 2.24) is 13.9 Å². The Morgan fingerprint density at radius 1 is 1.23 bits per heavy atom. The zero-order chi connectivity index (χ0) is 22.3. The highest BCUT2D eigenvalue weighted by Crippen LogP contribution is 2.29. The van der Waals surface area contributed by atoms with Crippen molar-refractivity contribution in [1.29, 1.82) is 0 Å². The molecule has 31 heavy (non-hydrogen) atoms. The van der Waals surface area contributed by atoms with Crippen molar-refractivity contribution in [3.8, 4) is 0 Å². The Labute approximate surface area is 182 Å². The lowest BCUT2D eigenvalue weighted by atomic mass is 10.0. The number of aromatic nitrogens is 3. The summed E-state index contributed by atoms with van der Waals surface area (Å²) in [7, 11) is 1.28. The molecule has 4 rings (SSSR count). The van der Waals surface area contributed by atoms with E-state index in [1.165, 1.54) is 29.8 Å². The Morgan fingerprint density at radius 2 is 2.00 bits per heavy atom. The number of nitrogens with zero attached hydrogens (tertiary/aromatic N) is 2. The van der Waals surface area contributed by atoms with Gasteiger partial charge in [0.2, 0.25) is 0 Å². The number of aromatic amines is 1. The van der Waals surface area contributed by atoms with Gasteiger partial charge in [0.25, 0.3) is 5.56 Å². The predicted molar refractivity (Wildman–Crippen MR) is 122 cm³/mol. The van der Waals surface area contributed by atoms with Gasteiger partial charge in [-0.1, -0.05) is 12.1 Å². The Balaban J connectivity index is 1.73.